The van der Waals surface area contributed by atoms with E-state index in [-0.39, 0.29) is 37.0 Å². The van der Waals surface area contributed by atoms with Crippen molar-refractivity contribution < 1.29 is 31.9 Å². The zero-order valence-electron chi connectivity index (χ0n) is 15.9. The van der Waals surface area contributed by atoms with E-state index in [4.69, 9.17) is 22.7 Å². The molecule has 2 heterocycles. The molecule has 0 saturated carbocycles. The highest BCUT2D eigenvalue weighted by atomic mass is 32.1. The predicted molar refractivity (Wildman–Crippen MR) is 98.4 cm³/mol. The minimum Gasteiger partial charge on any atom is -0.462 e. The molecule has 0 aliphatic carbocycles. The van der Waals surface area contributed by atoms with Gasteiger partial charge in [-0.15, -0.1) is 0 Å². The van der Waals surface area contributed by atoms with E-state index in [1.165, 1.54) is 4.90 Å². The van der Waals surface area contributed by atoms with Crippen molar-refractivity contribution in [3.05, 3.63) is 17.5 Å². The van der Waals surface area contributed by atoms with E-state index in [0.29, 0.717) is 10.7 Å². The first-order chi connectivity index (χ1) is 13.5. The number of carbonyl (C=O) groups is 2. The molecule has 0 atom stereocenters. The molecule has 2 N–H and O–H groups in total. The van der Waals surface area contributed by atoms with Gasteiger partial charge in [0, 0.05) is 13.1 Å². The van der Waals surface area contributed by atoms with Crippen molar-refractivity contribution in [1.29, 1.82) is 0 Å². The molecule has 1 aromatic heterocycles. The first-order valence-electron chi connectivity index (χ1n) is 8.90. The first kappa shape index (κ1) is 23.0. The highest BCUT2D eigenvalue weighted by Gasteiger charge is 2.46. The number of nitrogens with two attached hydrogens (primary N) is 1. The van der Waals surface area contributed by atoms with Gasteiger partial charge in [0.05, 0.1) is 11.1 Å². The SMILES string of the molecule is CC(C)OC(=O)C1(C(N)=S)CCN(C(=O)Cn2nc(C(F)F)cc2C(F)F)CC1. The lowest BCUT2D eigenvalue weighted by molar-refractivity contribution is -0.159. The average molecular weight is 438 g/mol. The molecule has 0 aromatic carbocycles. The number of hydrogen-bond acceptors (Lipinski definition) is 5. The molecule has 1 amide bonds. The summed E-state index contributed by atoms with van der Waals surface area (Å²) in [4.78, 5) is 26.3. The monoisotopic (exact) mass is 438 g/mol. The lowest BCUT2D eigenvalue weighted by atomic mass is 9.78. The maximum Gasteiger partial charge on any atom is 0.319 e. The minimum absolute atomic E-state index is 0.0381. The van der Waals surface area contributed by atoms with E-state index in [2.05, 4.69) is 5.10 Å². The van der Waals surface area contributed by atoms with Crippen LogP contribution in [0.25, 0.3) is 0 Å². The van der Waals surface area contributed by atoms with Gasteiger partial charge in [-0.2, -0.15) is 5.10 Å². The maximum atomic E-state index is 13.1. The average Bonchev–Trinajstić information content (AvgIpc) is 3.05. The molecule has 1 fully saturated rings. The van der Waals surface area contributed by atoms with Crippen LogP contribution >= 0.6 is 12.2 Å². The second-order valence-electron chi connectivity index (χ2n) is 7.03. The van der Waals surface area contributed by atoms with E-state index in [9.17, 15) is 27.2 Å². The summed E-state index contributed by atoms with van der Waals surface area (Å²) < 4.78 is 57.5. The van der Waals surface area contributed by atoms with E-state index >= 15 is 0 Å². The predicted octanol–water partition coefficient (Wildman–Crippen LogP) is 2.60. The number of thiocarbonyl (C=S) groups is 1. The number of nitrogens with zero attached hydrogens (tertiary/aromatic N) is 3. The van der Waals surface area contributed by atoms with Crippen molar-refractivity contribution in [1.82, 2.24) is 14.7 Å². The maximum absolute atomic E-state index is 13.1. The molecule has 1 aromatic rings. The third-order valence-corrected chi connectivity index (χ3v) is 5.13. The summed E-state index contributed by atoms with van der Waals surface area (Å²) in [6.45, 7) is 2.90. The minimum atomic E-state index is -3.06. The van der Waals surface area contributed by atoms with Crippen molar-refractivity contribution >= 4 is 29.1 Å². The topological polar surface area (TPSA) is 90.5 Å². The van der Waals surface area contributed by atoms with Crippen molar-refractivity contribution in [3.8, 4) is 0 Å². The van der Waals surface area contributed by atoms with Crippen molar-refractivity contribution in [2.24, 2.45) is 11.1 Å². The molecule has 12 heteroatoms. The summed E-state index contributed by atoms with van der Waals surface area (Å²) in [5.41, 5.74) is 2.97. The van der Waals surface area contributed by atoms with Gasteiger partial charge in [-0.05, 0) is 32.8 Å². The van der Waals surface area contributed by atoms with E-state index in [1.54, 1.807) is 13.8 Å². The summed E-state index contributed by atoms with van der Waals surface area (Å²) in [5, 5.41) is 3.41. The number of carbonyl (C=O) groups excluding carboxylic acids is 2. The Hall–Kier alpha value is -2.24. The Morgan fingerprint density at radius 1 is 1.24 bits per heavy atom. The molecule has 162 valence electrons. The Balaban J connectivity index is 2.10. The molecule has 29 heavy (non-hydrogen) atoms. The molecule has 7 nitrogen and oxygen atoms in total. The molecule has 1 saturated heterocycles. The van der Waals surface area contributed by atoms with Crippen LogP contribution in [0, 0.1) is 5.41 Å². The highest BCUT2D eigenvalue weighted by Crippen LogP contribution is 2.34. The second-order valence-corrected chi connectivity index (χ2v) is 7.47. The van der Waals surface area contributed by atoms with Gasteiger partial charge in [-0.25, -0.2) is 17.6 Å². The van der Waals surface area contributed by atoms with Crippen LogP contribution in [-0.4, -0.2) is 50.7 Å². The Kier molecular flexibility index (Phi) is 7.20. The van der Waals surface area contributed by atoms with Crippen LogP contribution in [0.5, 0.6) is 0 Å². The quantitative estimate of drug-likeness (QED) is 0.400. The van der Waals surface area contributed by atoms with Gasteiger partial charge in [0.2, 0.25) is 5.91 Å². The summed E-state index contributed by atoms with van der Waals surface area (Å²) in [5.74, 6) is -1.16. The number of piperidine rings is 1. The second kappa shape index (κ2) is 9.06. The lowest BCUT2D eigenvalue weighted by Crippen LogP contribution is -2.53. The zero-order valence-corrected chi connectivity index (χ0v) is 16.7. The molecule has 2 rings (SSSR count). The van der Waals surface area contributed by atoms with Gasteiger partial charge in [-0.3, -0.25) is 14.3 Å². The Bertz CT molecular complexity index is 777. The smallest absolute Gasteiger partial charge is 0.319 e. The van der Waals surface area contributed by atoms with Gasteiger partial charge >= 0.3 is 5.97 Å². The van der Waals surface area contributed by atoms with E-state index in [0.717, 1.165) is 0 Å². The number of halogens is 4. The van der Waals surface area contributed by atoms with Crippen LogP contribution in [-0.2, 0) is 20.9 Å². The van der Waals surface area contributed by atoms with Crippen molar-refractivity contribution in [2.45, 2.75) is 52.2 Å². The molecule has 0 radical (unpaired) electrons. The number of likely N-dealkylation sites (tertiary alicyclic amines) is 1. The van der Waals surface area contributed by atoms with Crippen LogP contribution in [0.2, 0.25) is 0 Å². The Morgan fingerprint density at radius 3 is 2.28 bits per heavy atom. The lowest BCUT2D eigenvalue weighted by Gasteiger charge is -2.39. The van der Waals surface area contributed by atoms with Crippen LogP contribution in [0.4, 0.5) is 17.6 Å². The van der Waals surface area contributed by atoms with Crippen molar-refractivity contribution in [3.63, 3.8) is 0 Å². The zero-order chi connectivity index (χ0) is 21.9. The molecule has 0 bridgehead atoms. The molecule has 0 spiro atoms. The fraction of sp³-hybridized carbons (Fsp3) is 0.647. The van der Waals surface area contributed by atoms with Gasteiger partial charge in [0.25, 0.3) is 12.9 Å². The first-order valence-corrected chi connectivity index (χ1v) is 9.31. The van der Waals surface area contributed by atoms with Gasteiger partial charge in [-0.1, -0.05) is 12.2 Å². The third-order valence-electron chi connectivity index (χ3n) is 4.74. The van der Waals surface area contributed by atoms with Crippen LogP contribution in [0.1, 0.15) is 50.9 Å². The summed E-state index contributed by atoms with van der Waals surface area (Å²) in [6.07, 6.45) is -6.23. The molecule has 1 aliphatic heterocycles. The van der Waals surface area contributed by atoms with Gasteiger partial charge in [0.15, 0.2) is 0 Å². The van der Waals surface area contributed by atoms with Gasteiger partial charge < -0.3 is 15.4 Å². The number of rotatable bonds is 7. The largest absolute Gasteiger partial charge is 0.462 e. The molecular weight excluding hydrogens is 416 g/mol. The summed E-state index contributed by atoms with van der Waals surface area (Å²) in [6, 6.07) is 0.582. The number of esters is 1. The third kappa shape index (κ3) is 5.03. The van der Waals surface area contributed by atoms with Gasteiger partial charge in [0.1, 0.15) is 23.3 Å². The van der Waals surface area contributed by atoms with E-state index < -0.39 is 48.1 Å². The summed E-state index contributed by atoms with van der Waals surface area (Å²) >= 11 is 5.04. The van der Waals surface area contributed by atoms with Crippen LogP contribution < -0.4 is 5.73 Å². The number of alkyl halides is 4. The normalized spacial score (nSPS) is 16.5. The molecular formula is C17H22F4N4O3S. The fourth-order valence-electron chi connectivity index (χ4n) is 3.10. The molecule has 1 aliphatic rings. The Labute approximate surface area is 170 Å². The van der Waals surface area contributed by atoms with Crippen LogP contribution in [0.15, 0.2) is 6.07 Å². The summed E-state index contributed by atoms with van der Waals surface area (Å²) in [7, 11) is 0. The van der Waals surface area contributed by atoms with E-state index in [1.807, 2.05) is 0 Å². The number of amides is 1. The molecule has 0 unspecified atom stereocenters. The van der Waals surface area contributed by atoms with Crippen molar-refractivity contribution in [2.75, 3.05) is 13.1 Å². The standard InChI is InChI=1S/C17H22F4N4O3S/c1-9(2)28-16(27)17(15(22)29)3-5-24(6-4-17)12(26)8-25-11(14(20)21)7-10(23-25)13(18)19/h7,9,13-14H,3-6,8H2,1-2H3,(H2,22,29). The number of hydrogen-bond donors (Lipinski definition) is 1. The highest BCUT2D eigenvalue weighted by molar-refractivity contribution is 7.80. The number of ether oxygens (including phenoxy) is 1. The fourth-order valence-corrected chi connectivity index (χ4v) is 3.39. The Morgan fingerprint density at radius 2 is 1.83 bits per heavy atom. The van der Waals surface area contributed by atoms with Crippen LogP contribution in [0.3, 0.4) is 0 Å². The number of aromatic nitrogens is 2.